The lowest BCUT2D eigenvalue weighted by molar-refractivity contribution is -0.114. The lowest BCUT2D eigenvalue weighted by Gasteiger charge is -2.17. The van der Waals surface area contributed by atoms with Crippen molar-refractivity contribution in [2.45, 2.75) is 11.8 Å². The second-order valence-corrected chi connectivity index (χ2v) is 9.54. The number of benzene rings is 2. The molecule has 2 aromatic heterocycles. The van der Waals surface area contributed by atoms with Crippen LogP contribution in [0.4, 0.5) is 5.69 Å². The Morgan fingerprint density at radius 3 is 2.33 bits per heavy atom. The Hall–Kier alpha value is -3.47. The normalized spacial score (nSPS) is 11.5. The molecule has 2 heterocycles. The summed E-state index contributed by atoms with van der Waals surface area (Å²) in [7, 11) is -4.61. The van der Waals surface area contributed by atoms with Crippen LogP contribution in [0.25, 0.3) is 16.6 Å². The average molecular weight is 505 g/mol. The molecule has 0 saturated carbocycles. The summed E-state index contributed by atoms with van der Waals surface area (Å²) < 4.78 is 27.8. The SMILES string of the molecule is CC(=O)Nc1ccncc1-n1c(=O)n(S(=O)(=O)c2ccc(Cl)cc2)c(=O)c2ccc(Cl)cc21. The van der Waals surface area contributed by atoms with Gasteiger partial charge in [-0.05, 0) is 48.5 Å². The van der Waals surface area contributed by atoms with E-state index < -0.39 is 27.2 Å². The maximum absolute atomic E-state index is 13.6. The molecule has 1 amide bonds. The number of carbonyl (C=O) groups is 1. The zero-order valence-corrected chi connectivity index (χ0v) is 19.1. The van der Waals surface area contributed by atoms with Gasteiger partial charge in [0.05, 0.1) is 33.4 Å². The van der Waals surface area contributed by atoms with Gasteiger partial charge in [0.2, 0.25) is 5.91 Å². The molecule has 0 aliphatic carbocycles. The Morgan fingerprint density at radius 2 is 1.67 bits per heavy atom. The number of hydrogen-bond donors (Lipinski definition) is 1. The van der Waals surface area contributed by atoms with E-state index in [1.165, 1.54) is 67.8 Å². The Kier molecular flexibility index (Phi) is 5.83. The van der Waals surface area contributed by atoms with Gasteiger partial charge in [-0.2, -0.15) is 0 Å². The molecule has 2 aromatic carbocycles. The maximum Gasteiger partial charge on any atom is 0.350 e. The third kappa shape index (κ3) is 4.04. The summed E-state index contributed by atoms with van der Waals surface area (Å²) in [4.78, 5) is 42.2. The minimum Gasteiger partial charge on any atom is -0.324 e. The highest BCUT2D eigenvalue weighted by molar-refractivity contribution is 7.90. The van der Waals surface area contributed by atoms with E-state index in [4.69, 9.17) is 23.2 Å². The number of nitrogens with zero attached hydrogens (tertiary/aromatic N) is 3. The topological polar surface area (TPSA) is 120 Å². The number of nitrogens with one attached hydrogen (secondary N) is 1. The van der Waals surface area contributed by atoms with Gasteiger partial charge in [-0.25, -0.2) is 13.2 Å². The summed E-state index contributed by atoms with van der Waals surface area (Å²) in [6.45, 7) is 1.27. The Balaban J connectivity index is 2.17. The van der Waals surface area contributed by atoms with Gasteiger partial charge in [0.15, 0.2) is 0 Å². The highest BCUT2D eigenvalue weighted by Crippen LogP contribution is 2.24. The quantitative estimate of drug-likeness (QED) is 0.455. The minimum atomic E-state index is -4.61. The summed E-state index contributed by atoms with van der Waals surface area (Å²) in [5.74, 6) is -0.431. The predicted molar refractivity (Wildman–Crippen MR) is 125 cm³/mol. The molecule has 0 unspecified atom stereocenters. The lowest BCUT2D eigenvalue weighted by Crippen LogP contribution is -2.43. The smallest absolute Gasteiger partial charge is 0.324 e. The molecule has 4 aromatic rings. The number of amides is 1. The second kappa shape index (κ2) is 8.47. The Labute approximate surface area is 196 Å². The van der Waals surface area contributed by atoms with Gasteiger partial charge in [0.1, 0.15) is 0 Å². The van der Waals surface area contributed by atoms with Gasteiger partial charge in [-0.1, -0.05) is 23.2 Å². The predicted octanol–water partition coefficient (Wildman–Crippen LogP) is 3.05. The number of halogens is 2. The molecule has 0 saturated heterocycles. The molecule has 0 bridgehead atoms. The summed E-state index contributed by atoms with van der Waals surface area (Å²) in [6.07, 6.45) is 2.65. The van der Waals surface area contributed by atoms with Crippen LogP contribution < -0.4 is 16.6 Å². The zero-order valence-electron chi connectivity index (χ0n) is 16.8. The average Bonchev–Trinajstić information content (AvgIpc) is 2.74. The monoisotopic (exact) mass is 504 g/mol. The van der Waals surface area contributed by atoms with E-state index in [9.17, 15) is 22.8 Å². The molecule has 0 radical (unpaired) electrons. The van der Waals surface area contributed by atoms with Crippen LogP contribution in [0.3, 0.4) is 0 Å². The van der Waals surface area contributed by atoms with Crippen molar-refractivity contribution >= 4 is 55.7 Å². The Morgan fingerprint density at radius 1 is 1.00 bits per heavy atom. The molecule has 0 aliphatic heterocycles. The van der Waals surface area contributed by atoms with Gasteiger partial charge in [0.25, 0.3) is 15.6 Å². The van der Waals surface area contributed by atoms with Gasteiger partial charge in [-0.15, -0.1) is 3.97 Å². The summed E-state index contributed by atoms with van der Waals surface area (Å²) >= 11 is 12.0. The highest BCUT2D eigenvalue weighted by atomic mass is 35.5. The molecule has 0 spiro atoms. The molecule has 9 nitrogen and oxygen atoms in total. The number of pyridine rings is 1. The van der Waals surface area contributed by atoms with Crippen LogP contribution in [0.15, 0.2) is 75.4 Å². The fraction of sp³-hybridized carbons (Fsp3) is 0.0476. The largest absolute Gasteiger partial charge is 0.350 e. The van der Waals surface area contributed by atoms with E-state index in [2.05, 4.69) is 10.3 Å². The van der Waals surface area contributed by atoms with Crippen LogP contribution in [0.1, 0.15) is 6.92 Å². The third-order valence-electron chi connectivity index (χ3n) is 4.68. The van der Waals surface area contributed by atoms with Gasteiger partial charge >= 0.3 is 5.69 Å². The van der Waals surface area contributed by atoms with Crippen LogP contribution in [0.2, 0.25) is 10.0 Å². The molecule has 4 rings (SSSR count). The molecule has 0 atom stereocenters. The molecule has 168 valence electrons. The fourth-order valence-electron chi connectivity index (χ4n) is 3.28. The van der Waals surface area contributed by atoms with E-state index in [0.717, 1.165) is 4.57 Å². The molecule has 0 fully saturated rings. The van der Waals surface area contributed by atoms with Crippen LogP contribution >= 0.6 is 23.2 Å². The van der Waals surface area contributed by atoms with E-state index in [-0.39, 0.29) is 41.2 Å². The fourth-order valence-corrected chi connectivity index (χ4v) is 4.86. The Bertz CT molecular complexity index is 1640. The first-order valence-electron chi connectivity index (χ1n) is 9.31. The standard InChI is InChI=1S/C21H14Cl2N4O5S/c1-12(28)25-17-8-9-24-11-19(17)26-18-10-14(23)4-7-16(18)20(29)27(21(26)30)33(31,32)15-5-2-13(22)3-6-15/h2-11H,1H3,(H,24,25,28). The number of carbonyl (C=O) groups excluding carboxylic acids is 1. The lowest BCUT2D eigenvalue weighted by atomic mass is 10.2. The van der Waals surface area contributed by atoms with Crippen LogP contribution in [-0.2, 0) is 14.8 Å². The first-order chi connectivity index (χ1) is 15.6. The first-order valence-corrected chi connectivity index (χ1v) is 11.5. The van der Waals surface area contributed by atoms with Crippen molar-refractivity contribution in [3.63, 3.8) is 0 Å². The number of aromatic nitrogens is 3. The van der Waals surface area contributed by atoms with Crippen molar-refractivity contribution in [1.29, 1.82) is 0 Å². The molecular weight excluding hydrogens is 491 g/mol. The third-order valence-corrected chi connectivity index (χ3v) is 6.84. The summed E-state index contributed by atoms with van der Waals surface area (Å²) in [5, 5.41) is 2.96. The van der Waals surface area contributed by atoms with Gasteiger partial charge in [-0.3, -0.25) is 19.1 Å². The molecule has 0 aliphatic rings. The van der Waals surface area contributed by atoms with Crippen molar-refractivity contribution in [1.82, 2.24) is 13.5 Å². The zero-order chi connectivity index (χ0) is 23.9. The second-order valence-electron chi connectivity index (χ2n) is 6.88. The number of anilines is 1. The van der Waals surface area contributed by atoms with Crippen LogP contribution in [-0.4, -0.2) is 27.8 Å². The molecule has 1 N–H and O–H groups in total. The van der Waals surface area contributed by atoms with Gasteiger partial charge < -0.3 is 5.32 Å². The highest BCUT2D eigenvalue weighted by Gasteiger charge is 2.26. The summed E-state index contributed by atoms with van der Waals surface area (Å²) in [6, 6.07) is 10.5. The van der Waals surface area contributed by atoms with Crippen molar-refractivity contribution in [2.24, 2.45) is 0 Å². The van der Waals surface area contributed by atoms with Crippen LogP contribution in [0.5, 0.6) is 0 Å². The van der Waals surface area contributed by atoms with Gasteiger partial charge in [0, 0.05) is 23.2 Å². The van der Waals surface area contributed by atoms with Crippen molar-refractivity contribution in [3.05, 3.63) is 91.8 Å². The maximum atomic E-state index is 13.6. The molecular formula is C21H14Cl2N4O5S. The van der Waals surface area contributed by atoms with Crippen LogP contribution in [0, 0.1) is 0 Å². The number of fused-ring (bicyclic) bond motifs is 1. The molecule has 33 heavy (non-hydrogen) atoms. The van der Waals surface area contributed by atoms with Crippen molar-refractivity contribution in [3.8, 4) is 5.69 Å². The van der Waals surface area contributed by atoms with Crippen molar-refractivity contribution in [2.75, 3.05) is 5.32 Å². The van der Waals surface area contributed by atoms with Crippen molar-refractivity contribution < 1.29 is 13.2 Å². The van der Waals surface area contributed by atoms with E-state index in [1.807, 2.05) is 0 Å². The molecule has 12 heteroatoms. The van der Waals surface area contributed by atoms with E-state index >= 15 is 0 Å². The minimum absolute atomic E-state index is 0.0414. The summed E-state index contributed by atoms with van der Waals surface area (Å²) in [5.41, 5.74) is -1.98. The van der Waals surface area contributed by atoms with E-state index in [1.54, 1.807) is 0 Å². The number of hydrogen-bond acceptors (Lipinski definition) is 6. The number of rotatable bonds is 4. The first kappa shape index (κ1) is 22.7. The van der Waals surface area contributed by atoms with E-state index in [0.29, 0.717) is 0 Å².